The first kappa shape index (κ1) is 17.5. The van der Waals surface area contributed by atoms with Gasteiger partial charge in [-0.25, -0.2) is 10.1 Å². The first-order valence-corrected chi connectivity index (χ1v) is 2.90. The zero-order valence-corrected chi connectivity index (χ0v) is 8.44. The molecule has 0 aromatic carbocycles. The molecule has 12 heavy (non-hydrogen) atoms. The Morgan fingerprint density at radius 1 is 1.42 bits per heavy atom. The summed E-state index contributed by atoms with van der Waals surface area (Å²) in [5, 5.41) is 9.08. The van der Waals surface area contributed by atoms with Crippen LogP contribution in [0.3, 0.4) is 0 Å². The summed E-state index contributed by atoms with van der Waals surface area (Å²) in [4.78, 5) is 20.4. The Morgan fingerprint density at radius 3 is 1.83 bits per heavy atom. The zero-order valence-electron chi connectivity index (χ0n) is 6.70. The van der Waals surface area contributed by atoms with Gasteiger partial charge in [0.15, 0.2) is 5.09 Å². The van der Waals surface area contributed by atoms with Gasteiger partial charge < -0.3 is 4.74 Å². The molecule has 0 bridgehead atoms. The molecule has 0 atom stereocenters. The number of hydrogen-bond donors (Lipinski definition) is 0. The van der Waals surface area contributed by atoms with Gasteiger partial charge in [0, 0.05) is 37.6 Å². The van der Waals surface area contributed by atoms with Crippen LogP contribution in [0.5, 0.6) is 0 Å². The maximum atomic E-state index is 8.89. The Hall–Kier alpha value is -0.617. The molecule has 0 aromatic rings. The molecule has 0 rings (SSSR count). The summed E-state index contributed by atoms with van der Waals surface area (Å²) >= 11 is 0. The fourth-order valence-electron chi connectivity index (χ4n) is 0.231. The second-order valence-corrected chi connectivity index (χ2v) is 1.16. The van der Waals surface area contributed by atoms with E-state index in [0.29, 0.717) is 0 Å². The number of rotatable bonds is 4. The van der Waals surface area contributed by atoms with Crippen LogP contribution in [-0.2, 0) is 29.2 Å². The van der Waals surface area contributed by atoms with Crippen molar-refractivity contribution < 1.29 is 34.2 Å². The van der Waals surface area contributed by atoms with Crippen LogP contribution in [0.2, 0.25) is 0 Å². The van der Waals surface area contributed by atoms with Crippen LogP contribution in [0.15, 0.2) is 5.34 Å². The molecule has 0 aliphatic rings. The minimum Gasteiger partial charge on any atom is -0.382 e. The Balaban J connectivity index is -0.000000126. The fourth-order valence-corrected chi connectivity index (χ4v) is 0.231. The van der Waals surface area contributed by atoms with E-state index in [9.17, 15) is 0 Å². The van der Waals surface area contributed by atoms with Crippen LogP contribution in [0.1, 0.15) is 13.8 Å². The monoisotopic (exact) mass is 268 g/mol. The van der Waals surface area contributed by atoms with Crippen molar-refractivity contribution in [2.75, 3.05) is 13.2 Å². The van der Waals surface area contributed by atoms with Crippen molar-refractivity contribution in [2.45, 2.75) is 13.8 Å². The summed E-state index contributed by atoms with van der Waals surface area (Å²) in [6.45, 7) is 5.67. The SMILES string of the molecule is CCOCC.O=NO[N+](=O)[O-].[Ru]. The topological polar surface area (TPSA) is 91.0 Å². The predicted molar refractivity (Wildman–Crippen MR) is 36.0 cm³/mol. The second-order valence-electron chi connectivity index (χ2n) is 1.16. The van der Waals surface area contributed by atoms with Gasteiger partial charge in [0.05, 0.1) is 0 Å². The van der Waals surface area contributed by atoms with E-state index in [0.717, 1.165) is 13.2 Å². The van der Waals surface area contributed by atoms with Gasteiger partial charge in [-0.2, -0.15) is 0 Å². The summed E-state index contributed by atoms with van der Waals surface area (Å²) < 4.78 is 4.83. The first-order chi connectivity index (χ1) is 5.18. The molecule has 0 aliphatic heterocycles. The van der Waals surface area contributed by atoms with Crippen LogP contribution in [0.4, 0.5) is 0 Å². The molecule has 7 nitrogen and oxygen atoms in total. The van der Waals surface area contributed by atoms with E-state index < -0.39 is 5.09 Å². The van der Waals surface area contributed by atoms with Crippen LogP contribution in [0, 0.1) is 15.0 Å². The molecule has 0 fully saturated rings. The van der Waals surface area contributed by atoms with Gasteiger partial charge in [-0.15, -0.1) is 4.94 Å². The third-order valence-electron chi connectivity index (χ3n) is 0.508. The molecule has 0 saturated carbocycles. The minimum atomic E-state index is -1.30. The molecule has 0 unspecified atom stereocenters. The van der Waals surface area contributed by atoms with E-state index in [1.54, 1.807) is 0 Å². The molecular weight excluding hydrogens is 257 g/mol. The molecule has 0 radical (unpaired) electrons. The van der Waals surface area contributed by atoms with E-state index >= 15 is 0 Å². The first-order valence-electron chi connectivity index (χ1n) is 2.90. The smallest absolute Gasteiger partial charge is 0.354 e. The molecule has 0 amide bonds. The van der Waals surface area contributed by atoms with Crippen molar-refractivity contribution in [1.82, 2.24) is 0 Å². The average molecular weight is 267 g/mol. The number of ether oxygens (including phenoxy) is 1. The molecule has 8 heteroatoms. The summed E-state index contributed by atoms with van der Waals surface area (Å²) in [6.07, 6.45) is 0. The quantitative estimate of drug-likeness (QED) is 0.327. The van der Waals surface area contributed by atoms with Crippen LogP contribution in [-0.4, -0.2) is 18.3 Å². The van der Waals surface area contributed by atoms with Gasteiger partial charge in [0.25, 0.3) is 0 Å². The molecule has 0 aromatic heterocycles. The number of nitrogens with zero attached hydrogens (tertiary/aromatic N) is 2. The van der Waals surface area contributed by atoms with Crippen LogP contribution in [0.25, 0.3) is 0 Å². The van der Waals surface area contributed by atoms with E-state index in [4.69, 9.17) is 19.8 Å². The third kappa shape index (κ3) is 34.3. The Labute approximate surface area is 82.2 Å². The maximum absolute atomic E-state index is 8.89. The largest absolute Gasteiger partial charge is 0.382 e. The predicted octanol–water partition coefficient (Wildman–Crippen LogP) is 0.916. The number of hydrogen-bond acceptors (Lipinski definition) is 6. The van der Waals surface area contributed by atoms with Crippen molar-refractivity contribution in [3.63, 3.8) is 0 Å². The molecule has 0 heterocycles. The van der Waals surface area contributed by atoms with Gasteiger partial charge in [-0.05, 0) is 13.8 Å². The van der Waals surface area contributed by atoms with Crippen molar-refractivity contribution in [1.29, 1.82) is 0 Å². The van der Waals surface area contributed by atoms with Crippen molar-refractivity contribution in [2.24, 2.45) is 5.34 Å². The Kier molecular flexibility index (Phi) is 24.4. The summed E-state index contributed by atoms with van der Waals surface area (Å²) in [5.41, 5.74) is 0. The summed E-state index contributed by atoms with van der Waals surface area (Å²) in [6, 6.07) is 0. The summed E-state index contributed by atoms with van der Waals surface area (Å²) in [7, 11) is 0. The Bertz CT molecular complexity index is 110. The molecule has 0 spiro atoms. The van der Waals surface area contributed by atoms with E-state index in [1.165, 1.54) is 5.34 Å². The second kappa shape index (κ2) is 16.8. The normalized spacial score (nSPS) is 6.83. The third-order valence-corrected chi connectivity index (χ3v) is 0.508. The fraction of sp³-hybridized carbons (Fsp3) is 1.00. The van der Waals surface area contributed by atoms with E-state index in [1.807, 2.05) is 13.8 Å². The standard InChI is InChI=1S/C4H10O.N2O4.Ru/c1-3-5-4-2;3-1-6-2(4)5;/h3-4H2,1-2H3;;. The van der Waals surface area contributed by atoms with Crippen LogP contribution < -0.4 is 0 Å². The molecular formula is C4H10N2O5Ru. The van der Waals surface area contributed by atoms with Crippen molar-refractivity contribution >= 4 is 0 Å². The van der Waals surface area contributed by atoms with E-state index in [2.05, 4.69) is 4.94 Å². The van der Waals surface area contributed by atoms with E-state index in [-0.39, 0.29) is 19.5 Å². The van der Waals surface area contributed by atoms with Crippen molar-refractivity contribution in [3.05, 3.63) is 15.0 Å². The van der Waals surface area contributed by atoms with Gasteiger partial charge in [-0.3, -0.25) is 0 Å². The molecule has 0 N–H and O–H groups in total. The molecule has 0 aliphatic carbocycles. The van der Waals surface area contributed by atoms with Gasteiger partial charge >= 0.3 is 5.34 Å². The average Bonchev–Trinajstić information content (AvgIpc) is 1.90. The molecule has 0 saturated heterocycles. The van der Waals surface area contributed by atoms with Gasteiger partial charge in [0.1, 0.15) is 0 Å². The van der Waals surface area contributed by atoms with Crippen molar-refractivity contribution in [3.8, 4) is 0 Å². The molecule has 74 valence electrons. The van der Waals surface area contributed by atoms with Gasteiger partial charge in [-0.1, -0.05) is 0 Å². The van der Waals surface area contributed by atoms with Crippen LogP contribution >= 0.6 is 0 Å². The zero-order chi connectivity index (χ0) is 9.11. The minimum absolute atomic E-state index is 0. The Morgan fingerprint density at radius 2 is 1.83 bits per heavy atom. The van der Waals surface area contributed by atoms with Gasteiger partial charge in [0.2, 0.25) is 0 Å². The maximum Gasteiger partial charge on any atom is 0.354 e. The summed E-state index contributed by atoms with van der Waals surface area (Å²) in [5.74, 6) is 0.